The Labute approximate surface area is 113 Å². The first-order valence-corrected chi connectivity index (χ1v) is 5.95. The Hall–Kier alpha value is -1.99. The van der Waals surface area contributed by atoms with E-state index in [1.54, 1.807) is 32.9 Å². The van der Waals surface area contributed by atoms with Crippen LogP contribution in [0.15, 0.2) is 30.3 Å². The van der Waals surface area contributed by atoms with Gasteiger partial charge in [0.25, 0.3) is 0 Å². The first-order chi connectivity index (χ1) is 8.88. The minimum Gasteiger partial charge on any atom is -0.429 e. The minimum atomic E-state index is -0.886. The summed E-state index contributed by atoms with van der Waals surface area (Å²) < 4.78 is 9.70. The summed E-state index contributed by atoms with van der Waals surface area (Å²) in [6.07, 6.45) is -1.65. The standard InChI is InChI=1S/C15H18O4/c1-15(2,3)19-14(17)18-11-7-10-13(16)12-8-5-4-6-9-12/h4-6,8-9,13,16H,11H2,1-3H3/t13-/m1/s1. The highest BCUT2D eigenvalue weighted by molar-refractivity contribution is 5.60. The smallest absolute Gasteiger partial charge is 0.429 e. The SMILES string of the molecule is CC(C)(C)OC(=O)OCC#C[C@@H](O)c1ccccc1. The van der Waals surface area contributed by atoms with E-state index in [1.165, 1.54) is 0 Å². The van der Waals surface area contributed by atoms with Crippen LogP contribution in [0, 0.1) is 11.8 Å². The number of carbonyl (C=O) groups is 1. The summed E-state index contributed by atoms with van der Waals surface area (Å²) in [5.41, 5.74) is 0.112. The normalized spacial score (nSPS) is 12.0. The maximum atomic E-state index is 11.2. The van der Waals surface area contributed by atoms with Gasteiger partial charge in [0.15, 0.2) is 6.61 Å². The Kier molecular flexibility index (Phi) is 5.40. The summed E-state index contributed by atoms with van der Waals surface area (Å²) in [5, 5.41) is 9.73. The van der Waals surface area contributed by atoms with Crippen molar-refractivity contribution in [3.63, 3.8) is 0 Å². The van der Waals surface area contributed by atoms with Gasteiger partial charge in [0.05, 0.1) is 0 Å². The van der Waals surface area contributed by atoms with Crippen molar-refractivity contribution >= 4 is 6.16 Å². The molecule has 0 aliphatic carbocycles. The predicted molar refractivity (Wildman–Crippen MR) is 71.4 cm³/mol. The van der Waals surface area contributed by atoms with Crippen LogP contribution in [0.4, 0.5) is 4.79 Å². The first kappa shape index (κ1) is 15.1. The molecule has 4 nitrogen and oxygen atoms in total. The summed E-state index contributed by atoms with van der Waals surface area (Å²) in [7, 11) is 0. The van der Waals surface area contributed by atoms with E-state index in [-0.39, 0.29) is 6.61 Å². The van der Waals surface area contributed by atoms with Crippen LogP contribution in [-0.4, -0.2) is 23.5 Å². The lowest BCUT2D eigenvalue weighted by molar-refractivity contribution is -0.00167. The quantitative estimate of drug-likeness (QED) is 0.657. The van der Waals surface area contributed by atoms with Gasteiger partial charge in [-0.1, -0.05) is 42.2 Å². The van der Waals surface area contributed by atoms with Crippen molar-refractivity contribution in [3.8, 4) is 11.8 Å². The average molecular weight is 262 g/mol. The van der Waals surface area contributed by atoms with Gasteiger partial charge in [-0.05, 0) is 26.3 Å². The molecule has 0 bridgehead atoms. The number of aliphatic hydroxyl groups excluding tert-OH is 1. The molecule has 0 fully saturated rings. The molecular weight excluding hydrogens is 244 g/mol. The molecule has 1 N–H and O–H groups in total. The highest BCUT2D eigenvalue weighted by Gasteiger charge is 2.16. The van der Waals surface area contributed by atoms with E-state index in [0.717, 1.165) is 0 Å². The van der Waals surface area contributed by atoms with Crippen LogP contribution in [0.1, 0.15) is 32.4 Å². The van der Waals surface area contributed by atoms with Gasteiger partial charge in [-0.2, -0.15) is 0 Å². The fraction of sp³-hybridized carbons (Fsp3) is 0.400. The number of rotatable bonds is 2. The van der Waals surface area contributed by atoms with Crippen molar-refractivity contribution < 1.29 is 19.4 Å². The number of hydrogen-bond donors (Lipinski definition) is 1. The third-order valence-electron chi connectivity index (χ3n) is 2.01. The molecule has 102 valence electrons. The van der Waals surface area contributed by atoms with E-state index in [1.807, 2.05) is 18.2 Å². The molecule has 0 saturated heterocycles. The van der Waals surface area contributed by atoms with E-state index in [9.17, 15) is 9.90 Å². The van der Waals surface area contributed by atoms with Crippen molar-refractivity contribution in [1.82, 2.24) is 0 Å². The molecule has 0 aliphatic heterocycles. The maximum Gasteiger partial charge on any atom is 0.509 e. The second-order valence-corrected chi connectivity index (χ2v) is 4.89. The Morgan fingerprint density at radius 3 is 2.53 bits per heavy atom. The lowest BCUT2D eigenvalue weighted by Crippen LogP contribution is -2.24. The molecule has 0 radical (unpaired) electrons. The van der Waals surface area contributed by atoms with Crippen molar-refractivity contribution in [2.24, 2.45) is 0 Å². The van der Waals surface area contributed by atoms with Gasteiger partial charge in [-0.15, -0.1) is 0 Å². The molecule has 0 spiro atoms. The number of ether oxygens (including phenoxy) is 2. The van der Waals surface area contributed by atoms with Crippen LogP contribution < -0.4 is 0 Å². The number of benzene rings is 1. The van der Waals surface area contributed by atoms with Crippen molar-refractivity contribution in [3.05, 3.63) is 35.9 Å². The predicted octanol–water partition coefficient (Wildman–Crippen LogP) is 2.68. The topological polar surface area (TPSA) is 55.8 Å². The van der Waals surface area contributed by atoms with Crippen LogP contribution in [0.5, 0.6) is 0 Å². The summed E-state index contributed by atoms with van der Waals surface area (Å²) >= 11 is 0. The first-order valence-electron chi connectivity index (χ1n) is 5.95. The maximum absolute atomic E-state index is 11.2. The molecular formula is C15H18O4. The minimum absolute atomic E-state index is 0.112. The zero-order valence-corrected chi connectivity index (χ0v) is 11.3. The van der Waals surface area contributed by atoms with E-state index in [4.69, 9.17) is 9.47 Å². The zero-order valence-electron chi connectivity index (χ0n) is 11.3. The second-order valence-electron chi connectivity index (χ2n) is 4.89. The van der Waals surface area contributed by atoms with Crippen LogP contribution in [-0.2, 0) is 9.47 Å². The van der Waals surface area contributed by atoms with E-state index >= 15 is 0 Å². The number of carbonyl (C=O) groups excluding carboxylic acids is 1. The molecule has 19 heavy (non-hydrogen) atoms. The third kappa shape index (κ3) is 6.49. The Morgan fingerprint density at radius 1 is 1.32 bits per heavy atom. The fourth-order valence-electron chi connectivity index (χ4n) is 1.23. The highest BCUT2D eigenvalue weighted by Crippen LogP contribution is 2.10. The lowest BCUT2D eigenvalue weighted by Gasteiger charge is -2.18. The Bertz CT molecular complexity index is 462. The van der Waals surface area contributed by atoms with Crippen LogP contribution in [0.3, 0.4) is 0 Å². The van der Waals surface area contributed by atoms with Crippen molar-refractivity contribution in [2.45, 2.75) is 32.5 Å². The number of hydrogen-bond acceptors (Lipinski definition) is 4. The molecule has 1 aromatic rings. The molecule has 4 heteroatoms. The van der Waals surface area contributed by atoms with Gasteiger partial charge < -0.3 is 14.6 Å². The van der Waals surface area contributed by atoms with Gasteiger partial charge >= 0.3 is 6.16 Å². The summed E-state index contributed by atoms with van der Waals surface area (Å²) in [6, 6.07) is 9.03. The largest absolute Gasteiger partial charge is 0.509 e. The molecule has 0 aromatic heterocycles. The van der Waals surface area contributed by atoms with Crippen LogP contribution >= 0.6 is 0 Å². The van der Waals surface area contributed by atoms with E-state index in [2.05, 4.69) is 11.8 Å². The fourth-order valence-corrected chi connectivity index (χ4v) is 1.23. The zero-order chi connectivity index (χ0) is 14.3. The van der Waals surface area contributed by atoms with Gasteiger partial charge in [0.1, 0.15) is 11.7 Å². The number of aliphatic hydroxyl groups is 1. The van der Waals surface area contributed by atoms with E-state index in [0.29, 0.717) is 5.56 Å². The Morgan fingerprint density at radius 2 is 1.95 bits per heavy atom. The molecule has 0 heterocycles. The molecule has 1 rings (SSSR count). The molecule has 0 unspecified atom stereocenters. The van der Waals surface area contributed by atoms with Crippen LogP contribution in [0.2, 0.25) is 0 Å². The molecule has 0 aliphatic rings. The van der Waals surface area contributed by atoms with Gasteiger partial charge in [0, 0.05) is 0 Å². The summed E-state index contributed by atoms with van der Waals surface area (Å²) in [6.45, 7) is 5.14. The molecule has 0 saturated carbocycles. The van der Waals surface area contributed by atoms with Crippen molar-refractivity contribution in [2.75, 3.05) is 6.61 Å². The second kappa shape index (κ2) is 6.81. The molecule has 1 atom stereocenters. The summed E-state index contributed by atoms with van der Waals surface area (Å²) in [5.74, 6) is 5.17. The van der Waals surface area contributed by atoms with Gasteiger partial charge in [-0.3, -0.25) is 0 Å². The highest BCUT2D eigenvalue weighted by atomic mass is 16.7. The summed E-state index contributed by atoms with van der Waals surface area (Å²) in [4.78, 5) is 11.2. The Balaban J connectivity index is 2.38. The van der Waals surface area contributed by atoms with Crippen molar-refractivity contribution in [1.29, 1.82) is 0 Å². The average Bonchev–Trinajstić information content (AvgIpc) is 2.33. The van der Waals surface area contributed by atoms with Crippen LogP contribution in [0.25, 0.3) is 0 Å². The lowest BCUT2D eigenvalue weighted by atomic mass is 10.1. The molecule has 0 amide bonds. The monoisotopic (exact) mass is 262 g/mol. The van der Waals surface area contributed by atoms with E-state index < -0.39 is 17.9 Å². The van der Waals surface area contributed by atoms with Gasteiger partial charge in [-0.25, -0.2) is 4.79 Å². The van der Waals surface area contributed by atoms with Gasteiger partial charge in [0.2, 0.25) is 0 Å². The molecule has 1 aromatic carbocycles. The third-order valence-corrected chi connectivity index (χ3v) is 2.01.